The van der Waals surface area contributed by atoms with Gasteiger partial charge in [-0.15, -0.1) is 0 Å². The molecular weight excluding hydrogens is 343 g/mol. The van der Waals surface area contributed by atoms with Crippen molar-refractivity contribution in [3.8, 4) is 0 Å². The topological polar surface area (TPSA) is 29.5 Å². The quantitative estimate of drug-likeness (QED) is 0.805. The van der Waals surface area contributed by atoms with Crippen molar-refractivity contribution in [2.24, 2.45) is 0 Å². The van der Waals surface area contributed by atoms with Crippen LogP contribution in [0, 0.1) is 0 Å². The molecule has 0 aliphatic carbocycles. The van der Waals surface area contributed by atoms with E-state index in [1.165, 1.54) is 6.07 Å². The lowest BCUT2D eigenvalue weighted by atomic mass is 9.80. The minimum Gasteiger partial charge on any atom is -0.368 e. The number of amides is 1. The standard InChI is InChI=1S/C20H18F3NO2/c1-19-12-24(10-13-6-3-2-4-7-13)18(25)17(19)14-8-5-9-16(20(21,22)23)15(14)11-26-19/h2-9,17H,10-12H2,1H3. The maximum absolute atomic E-state index is 13.3. The Kier molecular flexibility index (Phi) is 3.84. The molecule has 2 aliphatic heterocycles. The van der Waals surface area contributed by atoms with Crippen LogP contribution in [0.1, 0.15) is 35.1 Å². The molecule has 0 bridgehead atoms. The monoisotopic (exact) mass is 361 g/mol. The van der Waals surface area contributed by atoms with Crippen LogP contribution in [0.3, 0.4) is 0 Å². The third-order valence-corrected chi connectivity index (χ3v) is 5.27. The van der Waals surface area contributed by atoms with Crippen LogP contribution < -0.4 is 0 Å². The first-order valence-corrected chi connectivity index (χ1v) is 8.45. The Morgan fingerprint density at radius 1 is 1.15 bits per heavy atom. The molecule has 0 aromatic heterocycles. The molecule has 1 saturated heterocycles. The first kappa shape index (κ1) is 17.1. The third-order valence-electron chi connectivity index (χ3n) is 5.27. The minimum absolute atomic E-state index is 0.0809. The summed E-state index contributed by atoms with van der Waals surface area (Å²) in [7, 11) is 0. The Morgan fingerprint density at radius 2 is 1.88 bits per heavy atom. The molecule has 2 unspecified atom stereocenters. The van der Waals surface area contributed by atoms with Crippen LogP contribution in [0.4, 0.5) is 13.2 Å². The average Bonchev–Trinajstić information content (AvgIpc) is 2.85. The van der Waals surface area contributed by atoms with Gasteiger partial charge in [-0.25, -0.2) is 0 Å². The second-order valence-corrected chi connectivity index (χ2v) is 7.09. The number of alkyl halides is 3. The van der Waals surface area contributed by atoms with E-state index in [1.807, 2.05) is 37.3 Å². The van der Waals surface area contributed by atoms with Gasteiger partial charge in [0.15, 0.2) is 0 Å². The lowest BCUT2D eigenvalue weighted by Gasteiger charge is -2.36. The van der Waals surface area contributed by atoms with Gasteiger partial charge < -0.3 is 9.64 Å². The number of likely N-dealkylation sites (tertiary alicyclic amines) is 1. The van der Waals surface area contributed by atoms with Crippen molar-refractivity contribution in [3.63, 3.8) is 0 Å². The zero-order valence-electron chi connectivity index (χ0n) is 14.2. The molecule has 2 atom stereocenters. The summed E-state index contributed by atoms with van der Waals surface area (Å²) in [6.07, 6.45) is -4.46. The van der Waals surface area contributed by atoms with Gasteiger partial charge in [-0.2, -0.15) is 13.2 Å². The number of halogens is 3. The second kappa shape index (κ2) is 5.84. The fourth-order valence-electron chi connectivity index (χ4n) is 4.06. The highest BCUT2D eigenvalue weighted by Crippen LogP contribution is 2.48. The van der Waals surface area contributed by atoms with Crippen molar-refractivity contribution in [2.45, 2.75) is 37.8 Å². The number of fused-ring (bicyclic) bond motifs is 3. The molecule has 0 saturated carbocycles. The number of benzene rings is 2. The predicted octanol–water partition coefficient (Wildman–Crippen LogP) is 4.12. The number of hydrogen-bond acceptors (Lipinski definition) is 2. The summed E-state index contributed by atoms with van der Waals surface area (Å²) in [5.74, 6) is -0.895. The number of hydrogen-bond donors (Lipinski definition) is 0. The summed E-state index contributed by atoms with van der Waals surface area (Å²) in [4.78, 5) is 14.7. The van der Waals surface area contributed by atoms with Gasteiger partial charge in [-0.1, -0.05) is 42.5 Å². The van der Waals surface area contributed by atoms with Gasteiger partial charge in [0, 0.05) is 6.54 Å². The lowest BCUT2D eigenvalue weighted by Crippen LogP contribution is -2.41. The highest BCUT2D eigenvalue weighted by Gasteiger charge is 2.54. The van der Waals surface area contributed by atoms with Gasteiger partial charge in [0.05, 0.1) is 30.2 Å². The minimum atomic E-state index is -4.46. The Hall–Kier alpha value is -2.34. The third kappa shape index (κ3) is 2.69. The molecule has 2 aliphatic rings. The highest BCUT2D eigenvalue weighted by molar-refractivity contribution is 5.88. The summed E-state index contributed by atoms with van der Waals surface area (Å²) in [6, 6.07) is 13.6. The van der Waals surface area contributed by atoms with Crippen molar-refractivity contribution in [3.05, 3.63) is 70.8 Å². The number of nitrogens with zero attached hydrogens (tertiary/aromatic N) is 1. The summed E-state index contributed by atoms with van der Waals surface area (Å²) in [6.45, 7) is 2.46. The van der Waals surface area contributed by atoms with Crippen LogP contribution in [0.5, 0.6) is 0 Å². The van der Waals surface area contributed by atoms with E-state index < -0.39 is 23.3 Å². The van der Waals surface area contributed by atoms with Crippen molar-refractivity contribution < 1.29 is 22.7 Å². The molecule has 26 heavy (non-hydrogen) atoms. The zero-order valence-corrected chi connectivity index (χ0v) is 14.2. The van der Waals surface area contributed by atoms with Crippen molar-refractivity contribution in [2.75, 3.05) is 6.54 Å². The van der Waals surface area contributed by atoms with Gasteiger partial charge in [-0.3, -0.25) is 4.79 Å². The maximum Gasteiger partial charge on any atom is 0.416 e. The molecule has 2 heterocycles. The Labute approximate surface area is 149 Å². The van der Waals surface area contributed by atoms with Gasteiger partial charge in [-0.05, 0) is 29.7 Å². The van der Waals surface area contributed by atoms with Crippen LogP contribution in [0.25, 0.3) is 0 Å². The molecule has 2 aromatic carbocycles. The molecular formula is C20H18F3NO2. The molecule has 0 spiro atoms. The predicted molar refractivity (Wildman–Crippen MR) is 89.2 cm³/mol. The summed E-state index contributed by atoms with van der Waals surface area (Å²) >= 11 is 0. The van der Waals surface area contributed by atoms with Gasteiger partial charge in [0.25, 0.3) is 0 Å². The van der Waals surface area contributed by atoms with Crippen LogP contribution in [0.15, 0.2) is 48.5 Å². The van der Waals surface area contributed by atoms with Crippen molar-refractivity contribution in [1.29, 1.82) is 0 Å². The number of carbonyl (C=O) groups excluding carboxylic acids is 1. The fraction of sp³-hybridized carbons (Fsp3) is 0.350. The molecule has 136 valence electrons. The largest absolute Gasteiger partial charge is 0.416 e. The van der Waals surface area contributed by atoms with Crippen LogP contribution in [-0.2, 0) is 28.9 Å². The first-order valence-electron chi connectivity index (χ1n) is 8.45. The van der Waals surface area contributed by atoms with Crippen molar-refractivity contribution in [1.82, 2.24) is 4.90 Å². The van der Waals surface area contributed by atoms with Gasteiger partial charge in [0.1, 0.15) is 0 Å². The van der Waals surface area contributed by atoms with Crippen LogP contribution in [0.2, 0.25) is 0 Å². The molecule has 2 aromatic rings. The van der Waals surface area contributed by atoms with Crippen LogP contribution in [-0.4, -0.2) is 23.0 Å². The lowest BCUT2D eigenvalue weighted by molar-refractivity contribution is -0.142. The Bertz CT molecular complexity index is 850. The maximum atomic E-state index is 13.3. The highest BCUT2D eigenvalue weighted by atomic mass is 19.4. The Morgan fingerprint density at radius 3 is 2.58 bits per heavy atom. The summed E-state index contributed by atoms with van der Waals surface area (Å²) in [5, 5.41) is 0. The smallest absolute Gasteiger partial charge is 0.368 e. The molecule has 3 nitrogen and oxygen atoms in total. The molecule has 0 N–H and O–H groups in total. The SMILES string of the molecule is CC12CN(Cc3ccccc3)C(=O)C1c1cccc(C(F)(F)F)c1CO2. The van der Waals surface area contributed by atoms with E-state index in [1.54, 1.807) is 11.0 Å². The number of carbonyl (C=O) groups is 1. The van der Waals surface area contributed by atoms with E-state index in [0.717, 1.165) is 11.6 Å². The number of ether oxygens (including phenoxy) is 1. The first-order chi connectivity index (χ1) is 12.3. The molecule has 1 fully saturated rings. The normalized spacial score (nSPS) is 25.2. The molecule has 1 amide bonds. The molecule has 0 radical (unpaired) electrons. The zero-order chi connectivity index (χ0) is 18.5. The molecule has 4 rings (SSSR count). The van der Waals surface area contributed by atoms with Gasteiger partial charge in [0.2, 0.25) is 5.91 Å². The number of rotatable bonds is 2. The van der Waals surface area contributed by atoms with E-state index >= 15 is 0 Å². The van der Waals surface area contributed by atoms with E-state index in [2.05, 4.69) is 0 Å². The van der Waals surface area contributed by atoms with E-state index in [0.29, 0.717) is 18.7 Å². The van der Waals surface area contributed by atoms with Gasteiger partial charge >= 0.3 is 6.18 Å². The summed E-state index contributed by atoms with van der Waals surface area (Å²) in [5.41, 5.74) is -0.0337. The van der Waals surface area contributed by atoms with E-state index in [9.17, 15) is 18.0 Å². The van der Waals surface area contributed by atoms with Crippen molar-refractivity contribution >= 4 is 5.91 Å². The average molecular weight is 361 g/mol. The van der Waals surface area contributed by atoms with Crippen LogP contribution >= 0.6 is 0 Å². The fourth-order valence-corrected chi connectivity index (χ4v) is 4.06. The van der Waals surface area contributed by atoms with E-state index in [-0.39, 0.29) is 18.1 Å². The molecule has 6 heteroatoms. The Balaban J connectivity index is 1.71. The second-order valence-electron chi connectivity index (χ2n) is 7.09. The van der Waals surface area contributed by atoms with E-state index in [4.69, 9.17) is 4.74 Å². The summed E-state index contributed by atoms with van der Waals surface area (Å²) < 4.78 is 45.8.